The van der Waals surface area contributed by atoms with Gasteiger partial charge in [-0.2, -0.15) is 0 Å². The van der Waals surface area contributed by atoms with Crippen LogP contribution in [0.5, 0.6) is 5.75 Å². The summed E-state index contributed by atoms with van der Waals surface area (Å²) in [6, 6.07) is 4.36. The van der Waals surface area contributed by atoms with Crippen LogP contribution >= 0.6 is 11.3 Å². The van der Waals surface area contributed by atoms with E-state index in [1.807, 2.05) is 10.3 Å². The van der Waals surface area contributed by atoms with Crippen molar-refractivity contribution in [2.24, 2.45) is 0 Å². The second-order valence-electron chi connectivity index (χ2n) is 6.94. The zero-order valence-corrected chi connectivity index (χ0v) is 16.8. The Balaban J connectivity index is 1.56. The molecule has 0 radical (unpaired) electrons. The van der Waals surface area contributed by atoms with Crippen molar-refractivity contribution in [2.45, 2.75) is 51.6 Å². The Bertz CT molecular complexity index is 799. The van der Waals surface area contributed by atoms with Crippen molar-refractivity contribution in [3.63, 3.8) is 0 Å². The van der Waals surface area contributed by atoms with Crippen LogP contribution < -0.4 is 10.1 Å². The lowest BCUT2D eigenvalue weighted by atomic mass is 10.2. The van der Waals surface area contributed by atoms with Crippen molar-refractivity contribution in [2.75, 3.05) is 18.5 Å². The molecule has 1 unspecified atom stereocenters. The van der Waals surface area contributed by atoms with E-state index in [1.54, 1.807) is 12.1 Å². The maximum Gasteiger partial charge on any atom is 0.320 e. The number of carbonyl (C=O) groups is 1. The summed E-state index contributed by atoms with van der Waals surface area (Å²) < 4.78 is 19.7. The monoisotopic (exact) mass is 407 g/mol. The topological polar surface area (TPSA) is 74.7 Å². The van der Waals surface area contributed by atoms with Crippen LogP contribution in [0.4, 0.5) is 15.2 Å². The van der Waals surface area contributed by atoms with E-state index in [4.69, 9.17) is 4.74 Å². The summed E-state index contributed by atoms with van der Waals surface area (Å²) in [7, 11) is 0. The lowest BCUT2D eigenvalue weighted by Crippen LogP contribution is -2.35. The van der Waals surface area contributed by atoms with Crippen molar-refractivity contribution >= 4 is 28.1 Å². The number of nitrogens with one attached hydrogen (secondary N) is 1. The van der Waals surface area contributed by atoms with Crippen LogP contribution in [-0.2, 0) is 11.3 Å². The van der Waals surface area contributed by atoms with Gasteiger partial charge in [0, 0.05) is 23.7 Å². The first-order valence-electron chi connectivity index (χ1n) is 9.67. The minimum Gasteiger partial charge on any atom is -0.491 e. The molecule has 1 fully saturated rings. The van der Waals surface area contributed by atoms with Gasteiger partial charge >= 0.3 is 5.97 Å². The maximum atomic E-state index is 14.2. The number of rotatable bonds is 10. The third-order valence-corrected chi connectivity index (χ3v) is 5.56. The molecular formula is C20H26FN3O3S. The molecule has 152 valence electrons. The molecule has 0 aliphatic carbocycles. The smallest absolute Gasteiger partial charge is 0.320 e. The van der Waals surface area contributed by atoms with Crippen LogP contribution in [0, 0.1) is 5.82 Å². The summed E-state index contributed by atoms with van der Waals surface area (Å²) in [5, 5.41) is 14.9. The predicted molar refractivity (Wildman–Crippen MR) is 108 cm³/mol. The molecule has 1 aromatic heterocycles. The Labute approximate surface area is 168 Å². The van der Waals surface area contributed by atoms with Crippen molar-refractivity contribution < 1.29 is 19.0 Å². The van der Waals surface area contributed by atoms with E-state index in [0.717, 1.165) is 37.9 Å². The van der Waals surface area contributed by atoms with Gasteiger partial charge in [-0.25, -0.2) is 9.37 Å². The molecule has 0 bridgehead atoms. The van der Waals surface area contributed by atoms with Crippen LogP contribution in [0.25, 0.3) is 0 Å². The fourth-order valence-corrected chi connectivity index (χ4v) is 4.02. The molecule has 8 heteroatoms. The number of aromatic nitrogens is 1. The van der Waals surface area contributed by atoms with Gasteiger partial charge in [-0.15, -0.1) is 11.3 Å². The Morgan fingerprint density at radius 1 is 1.46 bits per heavy atom. The molecule has 28 heavy (non-hydrogen) atoms. The molecule has 1 atom stereocenters. The number of nitrogens with zero attached hydrogens (tertiary/aromatic N) is 2. The Morgan fingerprint density at radius 2 is 2.32 bits per heavy atom. The van der Waals surface area contributed by atoms with E-state index in [1.165, 1.54) is 17.4 Å². The molecule has 1 aliphatic rings. The number of benzene rings is 1. The first-order chi connectivity index (χ1) is 13.6. The van der Waals surface area contributed by atoms with Gasteiger partial charge in [-0.3, -0.25) is 9.69 Å². The van der Waals surface area contributed by atoms with Gasteiger partial charge in [-0.1, -0.05) is 19.8 Å². The number of ether oxygens (including phenoxy) is 1. The fraction of sp³-hybridized carbons (Fsp3) is 0.500. The summed E-state index contributed by atoms with van der Waals surface area (Å²) in [6.07, 6.45) is 4.64. The van der Waals surface area contributed by atoms with Gasteiger partial charge in [0.05, 0.1) is 12.3 Å². The number of unbranched alkanes of at least 4 members (excludes halogenated alkanes) is 2. The number of aliphatic carboxylic acids is 1. The number of carboxylic acids is 1. The normalized spacial score (nSPS) is 17.0. The number of halogens is 1. The molecule has 2 heterocycles. The Hall–Kier alpha value is -2.19. The highest BCUT2D eigenvalue weighted by Crippen LogP contribution is 2.27. The van der Waals surface area contributed by atoms with E-state index < -0.39 is 17.8 Å². The Kier molecular flexibility index (Phi) is 7.22. The number of hydrogen-bond donors (Lipinski definition) is 2. The third kappa shape index (κ3) is 5.42. The highest BCUT2D eigenvalue weighted by molar-refractivity contribution is 7.13. The molecule has 0 saturated carbocycles. The number of anilines is 2. The highest BCUT2D eigenvalue weighted by Gasteiger charge is 2.30. The molecule has 2 N–H and O–H groups in total. The van der Waals surface area contributed by atoms with Crippen LogP contribution in [0.15, 0.2) is 23.6 Å². The van der Waals surface area contributed by atoms with E-state index in [-0.39, 0.29) is 5.75 Å². The van der Waals surface area contributed by atoms with Gasteiger partial charge in [0.1, 0.15) is 6.04 Å². The quantitative estimate of drug-likeness (QED) is 0.559. The van der Waals surface area contributed by atoms with E-state index >= 15 is 0 Å². The highest BCUT2D eigenvalue weighted by atomic mass is 32.1. The summed E-state index contributed by atoms with van der Waals surface area (Å²) in [5.74, 6) is -0.923. The molecular weight excluding hydrogens is 381 g/mol. The molecule has 6 nitrogen and oxygen atoms in total. The first-order valence-corrected chi connectivity index (χ1v) is 10.6. The third-order valence-electron chi connectivity index (χ3n) is 4.75. The van der Waals surface area contributed by atoms with Crippen LogP contribution in [0.1, 0.15) is 44.7 Å². The van der Waals surface area contributed by atoms with Gasteiger partial charge in [0.25, 0.3) is 0 Å². The lowest BCUT2D eigenvalue weighted by Gasteiger charge is -2.19. The fourth-order valence-electron chi connectivity index (χ4n) is 3.29. The minimum atomic E-state index is -0.779. The largest absolute Gasteiger partial charge is 0.491 e. The van der Waals surface area contributed by atoms with E-state index in [2.05, 4.69) is 17.2 Å². The zero-order chi connectivity index (χ0) is 19.9. The van der Waals surface area contributed by atoms with Gasteiger partial charge in [0.15, 0.2) is 16.7 Å². The second-order valence-corrected chi connectivity index (χ2v) is 7.79. The van der Waals surface area contributed by atoms with E-state index in [0.29, 0.717) is 30.4 Å². The van der Waals surface area contributed by atoms with Gasteiger partial charge < -0.3 is 15.2 Å². The molecule has 0 amide bonds. The van der Waals surface area contributed by atoms with Crippen molar-refractivity contribution in [1.82, 2.24) is 9.88 Å². The molecule has 0 spiro atoms. The molecule has 1 saturated heterocycles. The zero-order valence-electron chi connectivity index (χ0n) is 16.0. The number of likely N-dealkylation sites (tertiary alicyclic amines) is 1. The Morgan fingerprint density at radius 3 is 3.07 bits per heavy atom. The first kappa shape index (κ1) is 20.5. The molecule has 3 rings (SSSR count). The van der Waals surface area contributed by atoms with Crippen LogP contribution in [0.3, 0.4) is 0 Å². The van der Waals surface area contributed by atoms with Crippen molar-refractivity contribution in [1.29, 1.82) is 0 Å². The average Bonchev–Trinajstić information content (AvgIpc) is 3.30. The van der Waals surface area contributed by atoms with E-state index in [9.17, 15) is 14.3 Å². The summed E-state index contributed by atoms with van der Waals surface area (Å²) in [5.41, 5.74) is 1.42. The minimum absolute atomic E-state index is 0.259. The molecule has 1 aliphatic heterocycles. The SMILES string of the molecule is CCCCCOc1ccc(Nc2nc(CN3CCCC3C(=O)O)cs2)cc1F. The molecule has 2 aromatic rings. The van der Waals surface area contributed by atoms with Crippen molar-refractivity contribution in [3.05, 3.63) is 35.1 Å². The van der Waals surface area contributed by atoms with Crippen LogP contribution in [0.2, 0.25) is 0 Å². The van der Waals surface area contributed by atoms with Gasteiger partial charge in [-0.05, 0) is 37.9 Å². The summed E-state index contributed by atoms with van der Waals surface area (Å²) in [6.45, 7) is 3.90. The number of carboxylic acid groups (broad SMARTS) is 1. The number of thiazole rings is 1. The average molecular weight is 408 g/mol. The molecule has 1 aromatic carbocycles. The second kappa shape index (κ2) is 9.84. The van der Waals surface area contributed by atoms with Gasteiger partial charge in [0.2, 0.25) is 0 Å². The summed E-state index contributed by atoms with van der Waals surface area (Å²) in [4.78, 5) is 17.7. The van der Waals surface area contributed by atoms with Crippen molar-refractivity contribution in [3.8, 4) is 5.75 Å². The summed E-state index contributed by atoms with van der Waals surface area (Å²) >= 11 is 1.42. The maximum absolute atomic E-state index is 14.2. The van der Waals surface area contributed by atoms with Crippen LogP contribution in [-0.4, -0.2) is 40.2 Å². The predicted octanol–water partition coefficient (Wildman–Crippen LogP) is 4.64. The number of hydrogen-bond acceptors (Lipinski definition) is 6. The lowest BCUT2D eigenvalue weighted by molar-refractivity contribution is -0.142. The standard InChI is InChI=1S/C20H26FN3O3S/c1-2-3-4-10-27-18-8-7-14(11-16(18)21)22-20-23-15(13-28-20)12-24-9-5-6-17(24)19(25)26/h7-8,11,13,17H,2-6,9-10,12H2,1H3,(H,22,23)(H,25,26).